The van der Waals surface area contributed by atoms with Crippen molar-refractivity contribution in [3.05, 3.63) is 56.7 Å². The van der Waals surface area contributed by atoms with Gasteiger partial charge in [0.1, 0.15) is 0 Å². The molecule has 0 bridgehead atoms. The minimum absolute atomic E-state index is 0.125. The Morgan fingerprint density at radius 3 is 2.67 bits per heavy atom. The molecule has 0 aliphatic heterocycles. The average molecular weight is 454 g/mol. The monoisotopic (exact) mass is 453 g/mol. The number of pyridine rings is 1. The summed E-state index contributed by atoms with van der Waals surface area (Å²) in [5, 5.41) is 11.5. The number of benzene rings is 1. The Morgan fingerprint density at radius 1 is 1.42 bits per heavy atom. The molecular formula is C15H13AsBrN3O4. The second kappa shape index (κ2) is 8.26. The van der Waals surface area contributed by atoms with Crippen LogP contribution in [0.15, 0.2) is 41.0 Å². The van der Waals surface area contributed by atoms with Crippen LogP contribution in [0, 0.1) is 10.1 Å². The van der Waals surface area contributed by atoms with E-state index in [4.69, 9.17) is 4.74 Å². The van der Waals surface area contributed by atoms with Gasteiger partial charge in [-0.05, 0) is 0 Å². The molecule has 1 heterocycles. The third-order valence-corrected chi connectivity index (χ3v) is 4.13. The van der Waals surface area contributed by atoms with Gasteiger partial charge in [-0.1, -0.05) is 0 Å². The van der Waals surface area contributed by atoms with Gasteiger partial charge in [-0.15, -0.1) is 0 Å². The molecule has 0 aliphatic rings. The van der Waals surface area contributed by atoms with Gasteiger partial charge in [0, 0.05) is 0 Å². The molecule has 0 N–H and O–H groups in total. The fraction of sp³-hybridized carbons (Fsp3) is 0.200. The summed E-state index contributed by atoms with van der Waals surface area (Å²) >= 11 is 5.26. The molecule has 9 heteroatoms. The van der Waals surface area contributed by atoms with Crippen molar-refractivity contribution in [2.75, 3.05) is 11.5 Å². The Labute approximate surface area is 155 Å². The first-order chi connectivity index (χ1) is 11.4. The zero-order valence-corrected chi connectivity index (χ0v) is 16.1. The van der Waals surface area contributed by atoms with Gasteiger partial charge >= 0.3 is 156 Å². The van der Waals surface area contributed by atoms with Crippen LogP contribution in [-0.4, -0.2) is 39.5 Å². The quantitative estimate of drug-likeness (QED) is 0.300. The summed E-state index contributed by atoms with van der Waals surface area (Å²) in [4.78, 5) is 28.5. The number of carbonyl (C=O) groups excluding carboxylic acids is 1. The first-order valence-corrected chi connectivity index (χ1v) is 8.69. The first kappa shape index (κ1) is 18.4. The third-order valence-electron chi connectivity index (χ3n) is 3.07. The molecule has 7 nitrogen and oxygen atoms in total. The van der Waals surface area contributed by atoms with E-state index in [1.54, 1.807) is 6.92 Å². The second-order valence-electron chi connectivity index (χ2n) is 4.66. The Morgan fingerprint density at radius 2 is 2.08 bits per heavy atom. The van der Waals surface area contributed by atoms with Gasteiger partial charge in [0.05, 0.1) is 0 Å². The number of nitrogens with zero attached hydrogens (tertiary/aromatic N) is 3. The van der Waals surface area contributed by atoms with Crippen molar-refractivity contribution in [2.45, 2.75) is 13.5 Å². The van der Waals surface area contributed by atoms with E-state index in [1.165, 1.54) is 11.0 Å². The first-order valence-electron chi connectivity index (χ1n) is 6.96. The van der Waals surface area contributed by atoms with Crippen molar-refractivity contribution in [2.24, 2.45) is 0 Å². The minimum atomic E-state index is -0.658. The van der Waals surface area contributed by atoms with Gasteiger partial charge < -0.3 is 0 Å². The number of halogens is 1. The summed E-state index contributed by atoms with van der Waals surface area (Å²) in [7, 11) is 0. The number of ether oxygens (including phenoxy) is 1. The topological polar surface area (TPSA) is 85.6 Å². The van der Waals surface area contributed by atoms with E-state index in [0.29, 0.717) is 4.60 Å². The molecule has 24 heavy (non-hydrogen) atoms. The van der Waals surface area contributed by atoms with Crippen LogP contribution in [0.3, 0.4) is 0 Å². The second-order valence-corrected chi connectivity index (χ2v) is 6.37. The van der Waals surface area contributed by atoms with Gasteiger partial charge in [-0.3, -0.25) is 0 Å². The van der Waals surface area contributed by atoms with Crippen LogP contribution in [0.1, 0.15) is 12.5 Å². The van der Waals surface area contributed by atoms with Crippen LogP contribution < -0.4 is 9.38 Å². The molecule has 0 unspecified atom stereocenters. The van der Waals surface area contributed by atoms with Gasteiger partial charge in [0.25, 0.3) is 0 Å². The van der Waals surface area contributed by atoms with Gasteiger partial charge in [0.2, 0.25) is 0 Å². The molecule has 124 valence electrons. The molecule has 1 aromatic carbocycles. The van der Waals surface area contributed by atoms with Crippen LogP contribution in [0.2, 0.25) is 0 Å². The van der Waals surface area contributed by atoms with Crippen molar-refractivity contribution in [1.29, 1.82) is 0 Å². The number of hydrogen-bond donors (Lipinski definition) is 0. The van der Waals surface area contributed by atoms with Crippen LogP contribution in [0.5, 0.6) is 0 Å². The van der Waals surface area contributed by atoms with Crippen LogP contribution in [0.25, 0.3) is 0 Å². The van der Waals surface area contributed by atoms with E-state index in [9.17, 15) is 14.9 Å². The van der Waals surface area contributed by atoms with Gasteiger partial charge in [-0.25, -0.2) is 0 Å². The Balaban J connectivity index is 2.55. The van der Waals surface area contributed by atoms with Crippen LogP contribution >= 0.6 is 15.9 Å². The third kappa shape index (κ3) is 4.33. The molecule has 2 radical (unpaired) electrons. The summed E-state index contributed by atoms with van der Waals surface area (Å²) in [6, 6.07) is 10.6. The Hall–Kier alpha value is -1.92. The van der Waals surface area contributed by atoms with Crippen molar-refractivity contribution in [3.8, 4) is 0 Å². The number of anilines is 1. The number of hydrogen-bond acceptors (Lipinski definition) is 5. The molecule has 1 amide bonds. The predicted octanol–water partition coefficient (Wildman–Crippen LogP) is 2.71. The summed E-state index contributed by atoms with van der Waals surface area (Å²) < 4.78 is 5.61. The molecule has 2 aromatic rings. The normalized spacial score (nSPS) is 10.3. The fourth-order valence-corrected chi connectivity index (χ4v) is 3.41. The Kier molecular flexibility index (Phi) is 6.34. The Bertz CT molecular complexity index is 758. The van der Waals surface area contributed by atoms with Crippen molar-refractivity contribution in [1.82, 2.24) is 4.98 Å². The van der Waals surface area contributed by atoms with Gasteiger partial charge in [-0.2, -0.15) is 0 Å². The molecule has 0 saturated heterocycles. The van der Waals surface area contributed by atoms with E-state index < -0.39 is 11.0 Å². The number of amides is 1. The maximum absolute atomic E-state index is 12.4. The molecule has 1 aromatic heterocycles. The number of carbonyl (C=O) groups is 1. The SMILES string of the molecule is CCOC(=O)N(Cc1ccccc1)c1cc(Br)nc([As])c1[N+](=O)[O-]. The molecule has 0 aliphatic carbocycles. The van der Waals surface area contributed by atoms with E-state index in [-0.39, 0.29) is 29.0 Å². The van der Waals surface area contributed by atoms with E-state index in [1.807, 2.05) is 47.2 Å². The number of nitro groups is 1. The van der Waals surface area contributed by atoms with Crippen molar-refractivity contribution >= 4 is 54.7 Å². The van der Waals surface area contributed by atoms with Crippen LogP contribution in [-0.2, 0) is 11.3 Å². The summed E-state index contributed by atoms with van der Waals surface area (Å²) in [5.41, 5.74) is 0.696. The van der Waals surface area contributed by atoms with E-state index in [0.717, 1.165) is 5.56 Å². The van der Waals surface area contributed by atoms with E-state index in [2.05, 4.69) is 20.9 Å². The van der Waals surface area contributed by atoms with Crippen molar-refractivity contribution in [3.63, 3.8) is 0 Å². The van der Waals surface area contributed by atoms with Crippen LogP contribution in [0.4, 0.5) is 16.2 Å². The fourth-order valence-electron chi connectivity index (χ4n) is 2.08. The standard InChI is InChI=1S/C15H13AsBrN3O4/c1-2-24-15(21)19(9-10-6-4-3-5-7-10)11-8-12(17)18-14(16)13(11)20(22)23/h3-8H,2,9H2,1H3. The van der Waals surface area contributed by atoms with E-state index >= 15 is 0 Å². The molecule has 2 rings (SSSR count). The number of rotatable bonds is 5. The average Bonchev–Trinajstić information content (AvgIpc) is 2.52. The van der Waals surface area contributed by atoms with Gasteiger partial charge in [0.15, 0.2) is 0 Å². The maximum atomic E-state index is 12.4. The molecule has 0 atom stereocenters. The zero-order chi connectivity index (χ0) is 17.7. The number of aromatic nitrogens is 1. The predicted molar refractivity (Wildman–Crippen MR) is 93.6 cm³/mol. The molecule has 0 fully saturated rings. The molecule has 0 saturated carbocycles. The summed E-state index contributed by atoms with van der Waals surface area (Å²) in [5.74, 6) is 0. The zero-order valence-electron chi connectivity index (χ0n) is 12.7. The molecular weight excluding hydrogens is 441 g/mol. The molecule has 0 spiro atoms. The summed E-state index contributed by atoms with van der Waals surface area (Å²) in [6.45, 7) is 1.99. The summed E-state index contributed by atoms with van der Waals surface area (Å²) in [6.07, 6.45) is -0.658. The van der Waals surface area contributed by atoms with Crippen molar-refractivity contribution < 1.29 is 14.5 Å².